The van der Waals surface area contributed by atoms with E-state index in [9.17, 15) is 4.79 Å². The fraction of sp³-hybridized carbons (Fsp3) is 0.500. The molecule has 35 heavy (non-hydrogen) atoms. The number of aldehydes is 1. The summed E-state index contributed by atoms with van der Waals surface area (Å²) < 4.78 is 0. The fourth-order valence-electron chi connectivity index (χ4n) is 4.10. The van der Waals surface area contributed by atoms with E-state index in [-0.39, 0.29) is 0 Å². The van der Waals surface area contributed by atoms with Crippen LogP contribution in [0.3, 0.4) is 0 Å². The maximum absolute atomic E-state index is 11.5. The van der Waals surface area contributed by atoms with Crippen molar-refractivity contribution in [3.63, 3.8) is 0 Å². The predicted octanol–water partition coefficient (Wildman–Crippen LogP) is 10.5. The molecule has 0 aliphatic carbocycles. The Morgan fingerprint density at radius 3 is 1.89 bits per heavy atom. The third kappa shape index (κ3) is 8.56. The topological polar surface area (TPSA) is 17.1 Å². The smallest absolute Gasteiger partial charge is 0.160 e. The second-order valence-corrected chi connectivity index (χ2v) is 18.3. The maximum atomic E-state index is 11.5. The fourth-order valence-corrected chi connectivity index (χ4v) is 8.09. The van der Waals surface area contributed by atoms with Crippen LogP contribution in [0.4, 0.5) is 0 Å². The van der Waals surface area contributed by atoms with Crippen molar-refractivity contribution in [1.29, 1.82) is 0 Å². The van der Waals surface area contributed by atoms with Gasteiger partial charge in [0.1, 0.15) is 8.07 Å². The molecule has 3 aromatic rings. The van der Waals surface area contributed by atoms with Crippen LogP contribution in [0.5, 0.6) is 0 Å². The third-order valence-corrected chi connectivity index (χ3v) is 10.5. The van der Waals surface area contributed by atoms with Gasteiger partial charge >= 0.3 is 0 Å². The average Bonchev–Trinajstić information content (AvgIpc) is 3.55. The summed E-state index contributed by atoms with van der Waals surface area (Å²) in [5.41, 5.74) is 6.35. The number of hydrogen-bond donors (Lipinski definition) is 0. The van der Waals surface area contributed by atoms with E-state index in [1.165, 1.54) is 86.9 Å². The molecule has 5 heteroatoms. The van der Waals surface area contributed by atoms with E-state index in [2.05, 4.69) is 69.2 Å². The summed E-state index contributed by atoms with van der Waals surface area (Å²) in [4.78, 5) is 18.9. The quantitative estimate of drug-likeness (QED) is 0.0912. The molecular formula is C30H40OS3Si. The molecule has 3 heterocycles. The zero-order valence-corrected chi connectivity index (χ0v) is 25.5. The first-order valence-electron chi connectivity index (χ1n) is 13.2. The molecule has 3 rings (SSSR count). The molecule has 0 unspecified atom stereocenters. The second kappa shape index (κ2) is 13.7. The van der Waals surface area contributed by atoms with Crippen molar-refractivity contribution in [3.8, 4) is 31.0 Å². The Morgan fingerprint density at radius 2 is 1.34 bits per heavy atom. The molecule has 0 spiro atoms. The molecular weight excluding hydrogens is 501 g/mol. The normalized spacial score (nSPS) is 11.5. The lowest BCUT2D eigenvalue weighted by Gasteiger charge is -2.03. The number of rotatable bonds is 13. The Morgan fingerprint density at radius 1 is 0.771 bits per heavy atom. The highest BCUT2D eigenvalue weighted by Crippen LogP contribution is 2.43. The molecule has 0 aromatic carbocycles. The molecule has 0 radical (unpaired) electrons. The monoisotopic (exact) mass is 540 g/mol. The number of carbonyl (C=O) groups is 1. The van der Waals surface area contributed by atoms with Crippen LogP contribution >= 0.6 is 34.0 Å². The minimum atomic E-state index is -1.41. The lowest BCUT2D eigenvalue weighted by Crippen LogP contribution is -2.16. The first-order chi connectivity index (χ1) is 16.8. The molecule has 0 saturated carbocycles. The predicted molar refractivity (Wildman–Crippen MR) is 162 cm³/mol. The molecule has 0 saturated heterocycles. The highest BCUT2D eigenvalue weighted by atomic mass is 32.1. The van der Waals surface area contributed by atoms with Crippen LogP contribution in [-0.2, 0) is 12.8 Å². The van der Waals surface area contributed by atoms with E-state index in [1.807, 2.05) is 22.7 Å². The summed E-state index contributed by atoms with van der Waals surface area (Å²) in [6.45, 7) is 11.4. The molecule has 0 amide bonds. The summed E-state index contributed by atoms with van der Waals surface area (Å²) >= 11 is 5.40. The first kappa shape index (κ1) is 28.1. The number of thiophene rings is 3. The van der Waals surface area contributed by atoms with Gasteiger partial charge in [-0.05, 0) is 61.1 Å². The minimum absolute atomic E-state index is 0.845. The van der Waals surface area contributed by atoms with E-state index in [0.717, 1.165) is 24.0 Å². The second-order valence-electron chi connectivity index (χ2n) is 10.4. The van der Waals surface area contributed by atoms with E-state index < -0.39 is 8.07 Å². The van der Waals surface area contributed by atoms with Gasteiger partial charge in [-0.1, -0.05) is 77.9 Å². The maximum Gasteiger partial charge on any atom is 0.160 e. The lowest BCUT2D eigenvalue weighted by atomic mass is 10.1. The van der Waals surface area contributed by atoms with Crippen molar-refractivity contribution in [3.05, 3.63) is 45.1 Å². The van der Waals surface area contributed by atoms with Crippen molar-refractivity contribution >= 4 is 48.4 Å². The number of aryl methyl sites for hydroxylation is 2. The standard InChI is InChI=1S/C30H40OS3Si/c1-6-8-10-12-14-23-20-25(18-19-35(3,4)5)32-29(23)27-16-17-28(34-27)30-24(15-13-11-9-7-2)21-26(22-31)33-30/h16-17,20-22H,6-15H2,1-5H3. The number of carbonyl (C=O) groups excluding carboxylic acids is 1. The van der Waals surface area contributed by atoms with Crippen LogP contribution in [-0.4, -0.2) is 14.4 Å². The molecule has 0 aliphatic heterocycles. The van der Waals surface area contributed by atoms with Gasteiger partial charge in [0.2, 0.25) is 0 Å². The summed E-state index contributed by atoms with van der Waals surface area (Å²) in [6, 6.07) is 9.03. The van der Waals surface area contributed by atoms with E-state index in [1.54, 1.807) is 11.3 Å². The van der Waals surface area contributed by atoms with Crippen LogP contribution < -0.4 is 0 Å². The molecule has 0 fully saturated rings. The van der Waals surface area contributed by atoms with E-state index in [0.29, 0.717) is 0 Å². The SMILES string of the molecule is CCCCCCc1cc(C#C[Si](C)(C)C)sc1-c1ccc(-c2sc(C=O)cc2CCCCCC)s1. The van der Waals surface area contributed by atoms with Crippen molar-refractivity contribution in [2.75, 3.05) is 0 Å². The van der Waals surface area contributed by atoms with Crippen molar-refractivity contribution in [1.82, 2.24) is 0 Å². The molecule has 188 valence electrons. The van der Waals surface area contributed by atoms with Gasteiger partial charge in [-0.2, -0.15) is 0 Å². The van der Waals surface area contributed by atoms with Crippen LogP contribution in [0.2, 0.25) is 19.6 Å². The molecule has 0 bridgehead atoms. The summed E-state index contributed by atoms with van der Waals surface area (Å²) in [5.74, 6) is 3.51. The van der Waals surface area contributed by atoms with Gasteiger partial charge in [-0.25, -0.2) is 0 Å². The minimum Gasteiger partial charge on any atom is -0.297 e. The average molecular weight is 541 g/mol. The number of unbranched alkanes of at least 4 members (excludes halogenated alkanes) is 6. The van der Waals surface area contributed by atoms with Crippen LogP contribution in [0, 0.1) is 11.5 Å². The van der Waals surface area contributed by atoms with Crippen LogP contribution in [0.1, 0.15) is 90.9 Å². The van der Waals surface area contributed by atoms with Gasteiger partial charge in [-0.3, -0.25) is 4.79 Å². The van der Waals surface area contributed by atoms with Crippen molar-refractivity contribution in [2.24, 2.45) is 0 Å². The molecule has 0 aliphatic rings. The third-order valence-electron chi connectivity index (χ3n) is 5.97. The molecule has 1 nitrogen and oxygen atoms in total. The van der Waals surface area contributed by atoms with Gasteiger partial charge in [-0.15, -0.1) is 39.6 Å². The summed E-state index contributed by atoms with van der Waals surface area (Å²) in [5, 5.41) is 0. The summed E-state index contributed by atoms with van der Waals surface area (Å²) in [7, 11) is -1.41. The largest absolute Gasteiger partial charge is 0.297 e. The van der Waals surface area contributed by atoms with Crippen molar-refractivity contribution < 1.29 is 4.79 Å². The Hall–Kier alpha value is -1.45. The van der Waals surface area contributed by atoms with Gasteiger partial charge in [0, 0.05) is 19.5 Å². The Bertz CT molecular complexity index is 1150. The highest BCUT2D eigenvalue weighted by Gasteiger charge is 2.17. The molecule has 3 aromatic heterocycles. The van der Waals surface area contributed by atoms with Gasteiger partial charge in [0.15, 0.2) is 6.29 Å². The van der Waals surface area contributed by atoms with E-state index >= 15 is 0 Å². The van der Waals surface area contributed by atoms with E-state index in [4.69, 9.17) is 0 Å². The van der Waals surface area contributed by atoms with Gasteiger partial charge in [0.05, 0.1) is 9.75 Å². The highest BCUT2D eigenvalue weighted by molar-refractivity contribution is 7.27. The summed E-state index contributed by atoms with van der Waals surface area (Å²) in [6.07, 6.45) is 13.3. The zero-order valence-electron chi connectivity index (χ0n) is 22.1. The first-order valence-corrected chi connectivity index (χ1v) is 19.1. The van der Waals surface area contributed by atoms with Gasteiger partial charge < -0.3 is 0 Å². The Labute approximate surface area is 226 Å². The zero-order chi connectivity index (χ0) is 25.3. The molecule has 0 atom stereocenters. The van der Waals surface area contributed by atoms with Crippen LogP contribution in [0.25, 0.3) is 19.5 Å². The Balaban J connectivity index is 1.89. The van der Waals surface area contributed by atoms with Gasteiger partial charge in [0.25, 0.3) is 0 Å². The lowest BCUT2D eigenvalue weighted by molar-refractivity contribution is 0.112. The van der Waals surface area contributed by atoms with Crippen molar-refractivity contribution in [2.45, 2.75) is 97.7 Å². The Kier molecular flexibility index (Phi) is 11.0. The van der Waals surface area contributed by atoms with Crippen LogP contribution in [0.15, 0.2) is 24.3 Å². The number of hydrogen-bond acceptors (Lipinski definition) is 4. The molecule has 0 N–H and O–H groups in total.